The van der Waals surface area contributed by atoms with Gasteiger partial charge in [-0.15, -0.1) is 0 Å². The van der Waals surface area contributed by atoms with Crippen LogP contribution in [0, 0.1) is 11.3 Å². The SMILES string of the molecule is CC(C)CCB(OP)OC1(C)CCCC(C)(C)C1. The molecule has 0 aromatic carbocycles. The highest BCUT2D eigenvalue weighted by Crippen LogP contribution is 2.43. The molecule has 0 amide bonds. The average molecular weight is 272 g/mol. The smallest absolute Gasteiger partial charge is 0.406 e. The molecule has 0 saturated heterocycles. The molecule has 0 N–H and O–H groups in total. The highest BCUT2D eigenvalue weighted by molar-refractivity contribution is 7.12. The molecule has 0 bridgehead atoms. The first-order valence-electron chi connectivity index (χ1n) is 7.30. The Kier molecular flexibility index (Phi) is 6.15. The Labute approximate surface area is 116 Å². The summed E-state index contributed by atoms with van der Waals surface area (Å²) in [6.45, 7) is 11.4. The van der Waals surface area contributed by atoms with Crippen LogP contribution in [-0.4, -0.2) is 12.7 Å². The molecule has 0 spiro atoms. The maximum Gasteiger partial charge on any atom is 0.460 e. The third kappa shape index (κ3) is 5.59. The van der Waals surface area contributed by atoms with Crippen molar-refractivity contribution in [3.05, 3.63) is 0 Å². The summed E-state index contributed by atoms with van der Waals surface area (Å²) >= 11 is 0. The monoisotopic (exact) mass is 272 g/mol. The quantitative estimate of drug-likeness (QED) is 0.515. The molecule has 0 radical (unpaired) electrons. The van der Waals surface area contributed by atoms with Crippen molar-refractivity contribution in [2.75, 3.05) is 0 Å². The zero-order valence-corrected chi connectivity index (χ0v) is 13.9. The van der Waals surface area contributed by atoms with Crippen LogP contribution in [0.4, 0.5) is 0 Å². The zero-order chi connectivity index (χ0) is 13.8. The molecular weight excluding hydrogens is 242 g/mol. The van der Waals surface area contributed by atoms with Crippen molar-refractivity contribution in [1.29, 1.82) is 0 Å². The Morgan fingerprint density at radius 2 is 1.89 bits per heavy atom. The Hall–Kier alpha value is 0.415. The maximum atomic E-state index is 6.27. The van der Waals surface area contributed by atoms with E-state index < -0.39 is 0 Å². The van der Waals surface area contributed by atoms with E-state index in [0.717, 1.165) is 25.6 Å². The maximum absolute atomic E-state index is 6.27. The first-order valence-corrected chi connectivity index (χ1v) is 7.77. The van der Waals surface area contributed by atoms with Gasteiger partial charge in [-0.05, 0) is 53.3 Å². The number of rotatable bonds is 6. The summed E-state index contributed by atoms with van der Waals surface area (Å²) in [6.07, 6.45) is 6.99. The molecule has 4 heteroatoms. The molecule has 1 aliphatic carbocycles. The topological polar surface area (TPSA) is 18.5 Å². The molecular formula is C14H30BO2P. The van der Waals surface area contributed by atoms with Gasteiger partial charge in [0.25, 0.3) is 0 Å². The van der Waals surface area contributed by atoms with Crippen molar-refractivity contribution < 1.29 is 9.10 Å². The van der Waals surface area contributed by atoms with Crippen LogP contribution in [0.3, 0.4) is 0 Å². The van der Waals surface area contributed by atoms with Gasteiger partial charge in [0, 0.05) is 0 Å². The molecule has 1 rings (SSSR count). The minimum absolute atomic E-state index is 0.0139. The molecule has 2 unspecified atom stereocenters. The van der Waals surface area contributed by atoms with E-state index in [4.69, 9.17) is 9.10 Å². The second-order valence-electron chi connectivity index (χ2n) is 7.30. The van der Waals surface area contributed by atoms with Crippen molar-refractivity contribution in [3.8, 4) is 0 Å². The van der Waals surface area contributed by atoms with Gasteiger partial charge in [0.1, 0.15) is 0 Å². The van der Waals surface area contributed by atoms with E-state index in [1.54, 1.807) is 0 Å². The fourth-order valence-corrected chi connectivity index (χ4v) is 3.36. The fourth-order valence-electron chi connectivity index (χ4n) is 3.17. The van der Waals surface area contributed by atoms with E-state index in [1.807, 2.05) is 0 Å². The normalized spacial score (nSPS) is 27.5. The summed E-state index contributed by atoms with van der Waals surface area (Å²) in [7, 11) is 2.30. The molecule has 2 nitrogen and oxygen atoms in total. The summed E-state index contributed by atoms with van der Waals surface area (Å²) in [5, 5.41) is 0. The van der Waals surface area contributed by atoms with Crippen LogP contribution in [0.2, 0.25) is 6.32 Å². The fraction of sp³-hybridized carbons (Fsp3) is 1.00. The van der Waals surface area contributed by atoms with E-state index in [-0.39, 0.29) is 12.7 Å². The highest BCUT2D eigenvalue weighted by atomic mass is 31.0. The lowest BCUT2D eigenvalue weighted by molar-refractivity contribution is -0.0139. The van der Waals surface area contributed by atoms with Crippen LogP contribution in [0.1, 0.15) is 66.7 Å². The van der Waals surface area contributed by atoms with Crippen molar-refractivity contribution >= 4 is 16.6 Å². The van der Waals surface area contributed by atoms with E-state index in [1.165, 1.54) is 12.8 Å². The predicted molar refractivity (Wildman–Crippen MR) is 82.6 cm³/mol. The van der Waals surface area contributed by atoms with Crippen molar-refractivity contribution in [2.24, 2.45) is 11.3 Å². The molecule has 0 aliphatic heterocycles. The summed E-state index contributed by atoms with van der Waals surface area (Å²) < 4.78 is 11.7. The second kappa shape index (κ2) is 6.73. The van der Waals surface area contributed by atoms with Crippen LogP contribution in [0.5, 0.6) is 0 Å². The molecule has 1 fully saturated rings. The minimum Gasteiger partial charge on any atom is -0.406 e. The third-order valence-electron chi connectivity index (χ3n) is 3.96. The Balaban J connectivity index is 2.51. The molecule has 1 aliphatic rings. The molecule has 0 aromatic heterocycles. The van der Waals surface area contributed by atoms with Crippen molar-refractivity contribution in [2.45, 2.75) is 78.6 Å². The molecule has 0 heterocycles. The highest BCUT2D eigenvalue weighted by Gasteiger charge is 2.39. The third-order valence-corrected chi connectivity index (χ3v) is 4.26. The van der Waals surface area contributed by atoms with Crippen LogP contribution >= 0.6 is 9.47 Å². The van der Waals surface area contributed by atoms with E-state index in [2.05, 4.69) is 44.1 Å². The summed E-state index contributed by atoms with van der Waals surface area (Å²) in [4.78, 5) is 0. The molecule has 2 atom stereocenters. The van der Waals surface area contributed by atoms with E-state index in [9.17, 15) is 0 Å². The predicted octanol–water partition coefficient (Wildman–Crippen LogP) is 4.70. The van der Waals surface area contributed by atoms with Crippen LogP contribution in [0.15, 0.2) is 0 Å². The standard InChI is InChI=1S/C14H30BO2P/c1-12(2)7-10-15(17-18)16-14(5)9-6-8-13(3,4)11-14/h12H,6-11,18H2,1-5H3. The zero-order valence-electron chi connectivity index (χ0n) is 12.8. The molecule has 18 heavy (non-hydrogen) atoms. The number of hydrogen-bond acceptors (Lipinski definition) is 2. The van der Waals surface area contributed by atoms with Gasteiger partial charge >= 0.3 is 7.12 Å². The van der Waals surface area contributed by atoms with Crippen molar-refractivity contribution in [1.82, 2.24) is 0 Å². The van der Waals surface area contributed by atoms with Gasteiger partial charge in [-0.1, -0.05) is 40.5 Å². The van der Waals surface area contributed by atoms with Crippen LogP contribution < -0.4 is 0 Å². The van der Waals surface area contributed by atoms with Crippen molar-refractivity contribution in [3.63, 3.8) is 0 Å². The number of hydrogen-bond donors (Lipinski definition) is 0. The van der Waals surface area contributed by atoms with E-state index >= 15 is 0 Å². The van der Waals surface area contributed by atoms with Gasteiger partial charge < -0.3 is 9.10 Å². The van der Waals surface area contributed by atoms with Gasteiger partial charge in [0.2, 0.25) is 0 Å². The van der Waals surface area contributed by atoms with Crippen LogP contribution in [-0.2, 0) is 9.10 Å². The summed E-state index contributed by atoms with van der Waals surface area (Å²) in [5.41, 5.74) is 0.385. The summed E-state index contributed by atoms with van der Waals surface area (Å²) in [5.74, 6) is 0.701. The first-order chi connectivity index (χ1) is 8.26. The van der Waals surface area contributed by atoms with Gasteiger partial charge in [0.05, 0.1) is 5.60 Å². The molecule has 0 aromatic rings. The molecule has 1 saturated carbocycles. The Bertz CT molecular complexity index is 258. The largest absolute Gasteiger partial charge is 0.460 e. The first kappa shape index (κ1) is 16.5. The lowest BCUT2D eigenvalue weighted by Crippen LogP contribution is -2.43. The lowest BCUT2D eigenvalue weighted by atomic mass is 9.69. The van der Waals surface area contributed by atoms with Crippen LogP contribution in [0.25, 0.3) is 0 Å². The van der Waals surface area contributed by atoms with Gasteiger partial charge in [-0.2, -0.15) is 0 Å². The average Bonchev–Trinajstić information content (AvgIpc) is 2.22. The summed E-state index contributed by atoms with van der Waals surface area (Å²) in [6, 6.07) is 0. The Morgan fingerprint density at radius 1 is 1.22 bits per heavy atom. The van der Waals surface area contributed by atoms with Gasteiger partial charge in [-0.25, -0.2) is 0 Å². The second-order valence-corrected chi connectivity index (χ2v) is 7.57. The van der Waals surface area contributed by atoms with Gasteiger partial charge in [-0.3, -0.25) is 0 Å². The lowest BCUT2D eigenvalue weighted by Gasteiger charge is -2.44. The molecule has 106 valence electrons. The van der Waals surface area contributed by atoms with E-state index in [0.29, 0.717) is 11.3 Å². The Morgan fingerprint density at radius 3 is 2.39 bits per heavy atom. The van der Waals surface area contributed by atoms with Gasteiger partial charge in [0.15, 0.2) is 0 Å². The minimum atomic E-state index is -0.0729.